The van der Waals surface area contributed by atoms with Crippen LogP contribution in [-0.4, -0.2) is 69.6 Å². The summed E-state index contributed by atoms with van der Waals surface area (Å²) in [5, 5.41) is 32.9. The SMILES string of the molecule is CN(C)CCNC(=O)c1ccc(O)c2nc3cc(O)c(C=O)c(O)c3nc12. The van der Waals surface area contributed by atoms with Gasteiger partial charge in [0, 0.05) is 19.2 Å². The van der Waals surface area contributed by atoms with Gasteiger partial charge < -0.3 is 25.5 Å². The van der Waals surface area contributed by atoms with Crippen molar-refractivity contribution in [1.82, 2.24) is 20.2 Å². The number of benzene rings is 2. The average Bonchev–Trinajstić information content (AvgIpc) is 2.61. The minimum atomic E-state index is -0.545. The second-order valence-corrected chi connectivity index (χ2v) is 6.26. The number of nitrogens with one attached hydrogen (secondary N) is 1. The van der Waals surface area contributed by atoms with E-state index in [0.29, 0.717) is 19.4 Å². The van der Waals surface area contributed by atoms with Crippen molar-refractivity contribution in [3.05, 3.63) is 29.3 Å². The van der Waals surface area contributed by atoms with Crippen LogP contribution >= 0.6 is 0 Å². The van der Waals surface area contributed by atoms with E-state index in [1.807, 2.05) is 19.0 Å². The fourth-order valence-electron chi connectivity index (χ4n) is 2.65. The highest BCUT2D eigenvalue weighted by molar-refractivity contribution is 6.08. The van der Waals surface area contributed by atoms with Crippen LogP contribution in [0.5, 0.6) is 17.2 Å². The van der Waals surface area contributed by atoms with E-state index in [0.717, 1.165) is 6.07 Å². The van der Waals surface area contributed by atoms with Gasteiger partial charge in [-0.05, 0) is 26.2 Å². The summed E-state index contributed by atoms with van der Waals surface area (Å²) >= 11 is 0. The molecule has 0 saturated heterocycles. The number of rotatable bonds is 5. The van der Waals surface area contributed by atoms with Crippen molar-refractivity contribution in [1.29, 1.82) is 0 Å². The maximum atomic E-state index is 12.5. The van der Waals surface area contributed by atoms with Crippen LogP contribution in [0.25, 0.3) is 22.1 Å². The number of hydrogen-bond acceptors (Lipinski definition) is 8. The quantitative estimate of drug-likeness (QED) is 0.386. The van der Waals surface area contributed by atoms with E-state index in [1.165, 1.54) is 12.1 Å². The second-order valence-electron chi connectivity index (χ2n) is 6.26. The molecule has 1 amide bonds. The number of nitrogens with zero attached hydrogens (tertiary/aromatic N) is 3. The summed E-state index contributed by atoms with van der Waals surface area (Å²) in [5.41, 5.74) is -0.0358. The number of aromatic hydroxyl groups is 3. The molecule has 0 fully saturated rings. The third kappa shape index (κ3) is 3.32. The van der Waals surface area contributed by atoms with E-state index < -0.39 is 17.4 Å². The summed E-state index contributed by atoms with van der Waals surface area (Å²) < 4.78 is 0. The lowest BCUT2D eigenvalue weighted by Gasteiger charge is -2.12. The molecule has 1 aromatic heterocycles. The first kappa shape index (κ1) is 18.3. The first-order chi connectivity index (χ1) is 12.8. The normalized spacial score (nSPS) is 11.2. The minimum absolute atomic E-state index is 0.0420. The lowest BCUT2D eigenvalue weighted by atomic mass is 10.1. The summed E-state index contributed by atoms with van der Waals surface area (Å²) in [4.78, 5) is 33.9. The van der Waals surface area contributed by atoms with Gasteiger partial charge in [-0.1, -0.05) is 0 Å². The van der Waals surface area contributed by atoms with Crippen molar-refractivity contribution in [2.24, 2.45) is 0 Å². The molecule has 0 saturated carbocycles. The molecule has 9 heteroatoms. The zero-order valence-electron chi connectivity index (χ0n) is 14.7. The van der Waals surface area contributed by atoms with Crippen LogP contribution in [0.3, 0.4) is 0 Å². The van der Waals surface area contributed by atoms with Crippen molar-refractivity contribution in [3.63, 3.8) is 0 Å². The van der Waals surface area contributed by atoms with Crippen LogP contribution in [0, 0.1) is 0 Å². The number of aromatic nitrogens is 2. The van der Waals surface area contributed by atoms with Crippen molar-refractivity contribution in [2.45, 2.75) is 0 Å². The Balaban J connectivity index is 2.18. The summed E-state index contributed by atoms with van der Waals surface area (Å²) in [6, 6.07) is 3.89. The highest BCUT2D eigenvalue weighted by atomic mass is 16.3. The van der Waals surface area contributed by atoms with E-state index in [4.69, 9.17) is 0 Å². The van der Waals surface area contributed by atoms with Crippen LogP contribution < -0.4 is 5.32 Å². The van der Waals surface area contributed by atoms with Crippen LogP contribution in [0.4, 0.5) is 0 Å². The third-order valence-corrected chi connectivity index (χ3v) is 4.06. The van der Waals surface area contributed by atoms with E-state index >= 15 is 0 Å². The molecule has 0 aliphatic carbocycles. The number of amides is 1. The van der Waals surface area contributed by atoms with Crippen molar-refractivity contribution in [3.8, 4) is 17.2 Å². The molecule has 9 nitrogen and oxygen atoms in total. The Morgan fingerprint density at radius 2 is 1.85 bits per heavy atom. The average molecular weight is 370 g/mol. The van der Waals surface area contributed by atoms with E-state index in [9.17, 15) is 24.9 Å². The van der Waals surface area contributed by atoms with Gasteiger partial charge in [0.25, 0.3) is 5.91 Å². The zero-order valence-corrected chi connectivity index (χ0v) is 14.7. The van der Waals surface area contributed by atoms with Gasteiger partial charge in [-0.2, -0.15) is 0 Å². The molecule has 27 heavy (non-hydrogen) atoms. The molecule has 0 aliphatic rings. The monoisotopic (exact) mass is 370 g/mol. The lowest BCUT2D eigenvalue weighted by molar-refractivity contribution is 0.0952. The number of hydrogen-bond donors (Lipinski definition) is 4. The third-order valence-electron chi connectivity index (χ3n) is 4.06. The molecule has 3 rings (SSSR count). The summed E-state index contributed by atoms with van der Waals surface area (Å²) in [6.45, 7) is 1.04. The van der Waals surface area contributed by atoms with Gasteiger partial charge >= 0.3 is 0 Å². The first-order valence-electron chi connectivity index (χ1n) is 8.10. The highest BCUT2D eigenvalue weighted by Gasteiger charge is 2.19. The Bertz CT molecular complexity index is 1060. The molecule has 0 spiro atoms. The molecule has 0 aliphatic heterocycles. The molecule has 140 valence electrons. The van der Waals surface area contributed by atoms with Crippen LogP contribution in [0.15, 0.2) is 18.2 Å². The molecule has 0 atom stereocenters. The Hall–Kier alpha value is -3.46. The van der Waals surface area contributed by atoms with E-state index in [-0.39, 0.29) is 38.9 Å². The van der Waals surface area contributed by atoms with Crippen LogP contribution in [0.2, 0.25) is 0 Å². The highest BCUT2D eigenvalue weighted by Crippen LogP contribution is 2.35. The van der Waals surface area contributed by atoms with Gasteiger partial charge in [0.05, 0.1) is 11.1 Å². The number of carbonyl (C=O) groups excluding carboxylic acids is 2. The fourth-order valence-corrected chi connectivity index (χ4v) is 2.65. The maximum absolute atomic E-state index is 12.5. The second kappa shape index (κ2) is 7.04. The van der Waals surface area contributed by atoms with Crippen LogP contribution in [-0.2, 0) is 0 Å². The van der Waals surface area contributed by atoms with Gasteiger partial charge in [-0.25, -0.2) is 9.97 Å². The first-order valence-corrected chi connectivity index (χ1v) is 8.10. The van der Waals surface area contributed by atoms with Gasteiger partial charge in [0.15, 0.2) is 12.0 Å². The Morgan fingerprint density at radius 1 is 1.11 bits per heavy atom. The maximum Gasteiger partial charge on any atom is 0.253 e. The zero-order chi connectivity index (χ0) is 19.7. The van der Waals surface area contributed by atoms with Crippen molar-refractivity contribution in [2.75, 3.05) is 27.2 Å². The Morgan fingerprint density at radius 3 is 2.52 bits per heavy atom. The number of aldehydes is 1. The Labute approximate surface area is 153 Å². The number of carbonyl (C=O) groups is 2. The van der Waals surface area contributed by atoms with E-state index in [2.05, 4.69) is 15.3 Å². The predicted molar refractivity (Wildman–Crippen MR) is 98.3 cm³/mol. The number of phenolic OH excluding ortho intramolecular Hbond substituents is 3. The summed E-state index contributed by atoms with van der Waals surface area (Å²) in [5.74, 6) is -1.62. The molecule has 2 aromatic carbocycles. The van der Waals surface area contributed by atoms with Gasteiger partial charge in [-0.3, -0.25) is 9.59 Å². The van der Waals surface area contributed by atoms with Gasteiger partial charge in [-0.15, -0.1) is 0 Å². The molecular formula is C18H18N4O5. The van der Waals surface area contributed by atoms with Crippen LogP contribution in [0.1, 0.15) is 20.7 Å². The topological polar surface area (TPSA) is 136 Å². The lowest BCUT2D eigenvalue weighted by Crippen LogP contribution is -2.31. The van der Waals surface area contributed by atoms with Gasteiger partial charge in [0.1, 0.15) is 33.6 Å². The molecule has 0 bridgehead atoms. The largest absolute Gasteiger partial charge is 0.507 e. The molecule has 1 heterocycles. The fraction of sp³-hybridized carbons (Fsp3) is 0.222. The van der Waals surface area contributed by atoms with Crippen molar-refractivity contribution >= 4 is 34.3 Å². The molecule has 0 radical (unpaired) electrons. The molecule has 0 unspecified atom stereocenters. The summed E-state index contributed by atoms with van der Waals surface area (Å²) in [6.07, 6.45) is 0.299. The number of phenols is 3. The van der Waals surface area contributed by atoms with E-state index in [1.54, 1.807) is 0 Å². The minimum Gasteiger partial charge on any atom is -0.507 e. The standard InChI is InChI=1S/C18H18N4O5/c1-22(2)6-5-19-18(27)9-3-4-12(24)16-14(9)21-15-11(20-16)7-13(25)10(8-23)17(15)26/h3-4,7-8,24-26H,5-6H2,1-2H3,(H,19,27). The van der Waals surface area contributed by atoms with Crippen molar-refractivity contribution < 1.29 is 24.9 Å². The van der Waals surface area contributed by atoms with Gasteiger partial charge in [0.2, 0.25) is 0 Å². The molecule has 4 N–H and O–H groups in total. The number of likely N-dealkylation sites (N-methyl/N-ethyl adjacent to an activating group) is 1. The smallest absolute Gasteiger partial charge is 0.253 e. The molecular weight excluding hydrogens is 352 g/mol. The molecule has 3 aromatic rings. The summed E-state index contributed by atoms with van der Waals surface area (Å²) in [7, 11) is 3.76. The Kier molecular flexibility index (Phi) is 4.78. The predicted octanol–water partition coefficient (Wildman–Crippen LogP) is 1.00. The number of fused-ring (bicyclic) bond motifs is 2.